The fraction of sp³-hybridized carbons (Fsp3) is 1.00. The number of rotatable bonds is 4. The van der Waals surface area contributed by atoms with Crippen LogP contribution in [0.4, 0.5) is 0 Å². The van der Waals surface area contributed by atoms with Crippen molar-refractivity contribution in [3.05, 3.63) is 0 Å². The van der Waals surface area contributed by atoms with E-state index in [0.29, 0.717) is 6.04 Å². The normalized spacial score (nSPS) is 30.3. The Balaban J connectivity index is 2.55. The van der Waals surface area contributed by atoms with Crippen molar-refractivity contribution >= 4 is 10.8 Å². The Morgan fingerprint density at radius 1 is 1.50 bits per heavy atom. The average molecular weight is 247 g/mol. The molecule has 0 aromatic heterocycles. The molecular weight excluding hydrogens is 222 g/mol. The molecule has 16 heavy (non-hydrogen) atoms. The molecule has 3 nitrogen and oxygen atoms in total. The van der Waals surface area contributed by atoms with E-state index in [1.54, 1.807) is 0 Å². The van der Waals surface area contributed by atoms with E-state index < -0.39 is 10.8 Å². The van der Waals surface area contributed by atoms with E-state index >= 15 is 0 Å². The fourth-order valence-electron chi connectivity index (χ4n) is 2.11. The Kier molecular flexibility index (Phi) is 4.95. The SMILES string of the molecule is CNC(CS(=O)C1CCOC1C)C(C)(C)C. The average Bonchev–Trinajstić information content (AvgIpc) is 2.58. The molecule has 1 rings (SSSR count). The second-order valence-corrected chi connectivity index (χ2v) is 7.36. The third kappa shape index (κ3) is 3.54. The van der Waals surface area contributed by atoms with Crippen molar-refractivity contribution in [3.63, 3.8) is 0 Å². The Labute approximate surface area is 102 Å². The quantitative estimate of drug-likeness (QED) is 0.819. The van der Waals surface area contributed by atoms with Crippen LogP contribution in [0.3, 0.4) is 0 Å². The molecule has 1 fully saturated rings. The van der Waals surface area contributed by atoms with E-state index in [9.17, 15) is 4.21 Å². The molecule has 1 aliphatic heterocycles. The van der Waals surface area contributed by atoms with Crippen LogP contribution >= 0.6 is 0 Å². The van der Waals surface area contributed by atoms with E-state index in [1.165, 1.54) is 0 Å². The first-order chi connectivity index (χ1) is 7.36. The first-order valence-electron chi connectivity index (χ1n) is 6.02. The van der Waals surface area contributed by atoms with Gasteiger partial charge in [0.05, 0.1) is 11.4 Å². The highest BCUT2D eigenvalue weighted by Gasteiger charge is 2.33. The van der Waals surface area contributed by atoms with Gasteiger partial charge < -0.3 is 10.1 Å². The fourth-order valence-corrected chi connectivity index (χ4v) is 4.22. The third-order valence-electron chi connectivity index (χ3n) is 3.37. The first kappa shape index (κ1) is 14.1. The van der Waals surface area contributed by atoms with Crippen molar-refractivity contribution in [2.75, 3.05) is 19.4 Å². The molecule has 4 unspecified atom stereocenters. The lowest BCUT2D eigenvalue weighted by Gasteiger charge is -2.31. The molecule has 1 N–H and O–H groups in total. The number of nitrogens with one attached hydrogen (secondary N) is 1. The van der Waals surface area contributed by atoms with Gasteiger partial charge in [-0.05, 0) is 25.8 Å². The summed E-state index contributed by atoms with van der Waals surface area (Å²) in [5, 5.41) is 3.50. The van der Waals surface area contributed by atoms with Gasteiger partial charge in [0.2, 0.25) is 0 Å². The topological polar surface area (TPSA) is 38.3 Å². The molecule has 0 aromatic carbocycles. The van der Waals surface area contributed by atoms with Crippen molar-refractivity contribution in [3.8, 4) is 0 Å². The zero-order valence-corrected chi connectivity index (χ0v) is 11.9. The summed E-state index contributed by atoms with van der Waals surface area (Å²) in [4.78, 5) is 0. The highest BCUT2D eigenvalue weighted by molar-refractivity contribution is 7.85. The zero-order valence-electron chi connectivity index (χ0n) is 11.1. The summed E-state index contributed by atoms with van der Waals surface area (Å²) < 4.78 is 17.7. The number of hydrogen-bond acceptors (Lipinski definition) is 3. The van der Waals surface area contributed by atoms with E-state index in [-0.39, 0.29) is 16.8 Å². The molecule has 0 bridgehead atoms. The van der Waals surface area contributed by atoms with Crippen LogP contribution in [0.2, 0.25) is 0 Å². The van der Waals surface area contributed by atoms with Gasteiger partial charge in [-0.3, -0.25) is 4.21 Å². The molecule has 1 saturated heterocycles. The van der Waals surface area contributed by atoms with Crippen molar-refractivity contribution in [2.24, 2.45) is 5.41 Å². The Bertz CT molecular complexity index is 250. The van der Waals surface area contributed by atoms with Gasteiger partial charge >= 0.3 is 0 Å². The van der Waals surface area contributed by atoms with Gasteiger partial charge in [-0.25, -0.2) is 0 Å². The van der Waals surface area contributed by atoms with Crippen LogP contribution in [0.1, 0.15) is 34.1 Å². The maximum Gasteiger partial charge on any atom is 0.0691 e. The molecular formula is C12H25NO2S. The monoisotopic (exact) mass is 247 g/mol. The Morgan fingerprint density at radius 2 is 2.12 bits per heavy atom. The molecule has 0 aromatic rings. The van der Waals surface area contributed by atoms with Gasteiger partial charge in [0, 0.05) is 29.2 Å². The molecule has 0 amide bonds. The summed E-state index contributed by atoms with van der Waals surface area (Å²) in [7, 11) is 1.16. The highest BCUT2D eigenvalue weighted by Crippen LogP contribution is 2.24. The van der Waals surface area contributed by atoms with Crippen LogP contribution < -0.4 is 5.32 Å². The van der Waals surface area contributed by atoms with Crippen molar-refractivity contribution in [2.45, 2.75) is 51.5 Å². The van der Waals surface area contributed by atoms with E-state index in [4.69, 9.17) is 4.74 Å². The largest absolute Gasteiger partial charge is 0.377 e. The zero-order chi connectivity index (χ0) is 12.3. The third-order valence-corrected chi connectivity index (χ3v) is 5.33. The van der Waals surface area contributed by atoms with Crippen LogP contribution in [0.15, 0.2) is 0 Å². The molecule has 4 atom stereocenters. The lowest BCUT2D eigenvalue weighted by Crippen LogP contribution is -2.44. The first-order valence-corrected chi connectivity index (χ1v) is 7.40. The van der Waals surface area contributed by atoms with E-state index in [0.717, 1.165) is 18.8 Å². The molecule has 0 aliphatic carbocycles. The maximum atomic E-state index is 12.3. The predicted octanol–water partition coefficient (Wildman–Crippen LogP) is 1.55. The van der Waals surface area contributed by atoms with Crippen LogP contribution in [-0.4, -0.2) is 41.0 Å². The maximum absolute atomic E-state index is 12.3. The molecule has 96 valence electrons. The van der Waals surface area contributed by atoms with Gasteiger partial charge in [-0.2, -0.15) is 0 Å². The number of ether oxygens (including phenoxy) is 1. The second kappa shape index (κ2) is 5.61. The van der Waals surface area contributed by atoms with Crippen molar-refractivity contribution in [1.82, 2.24) is 5.32 Å². The van der Waals surface area contributed by atoms with Gasteiger partial charge in [0.15, 0.2) is 0 Å². The molecule has 0 saturated carbocycles. The Hall–Kier alpha value is 0.0700. The summed E-state index contributed by atoms with van der Waals surface area (Å²) in [6.07, 6.45) is 1.09. The van der Waals surface area contributed by atoms with Crippen molar-refractivity contribution in [1.29, 1.82) is 0 Å². The van der Waals surface area contributed by atoms with E-state index in [1.807, 2.05) is 14.0 Å². The minimum atomic E-state index is -0.789. The van der Waals surface area contributed by atoms with Gasteiger partial charge in [-0.15, -0.1) is 0 Å². The van der Waals surface area contributed by atoms with Gasteiger partial charge in [0.25, 0.3) is 0 Å². The standard InChI is InChI=1S/C12H25NO2S/c1-9-10(6-7-15-9)16(14)8-11(13-5)12(2,3)4/h9-11,13H,6-8H2,1-5H3. The van der Waals surface area contributed by atoms with Crippen molar-refractivity contribution < 1.29 is 8.95 Å². The minimum absolute atomic E-state index is 0.146. The molecule has 4 heteroatoms. The lowest BCUT2D eigenvalue weighted by atomic mass is 9.88. The summed E-state index contributed by atoms with van der Waals surface area (Å²) in [5.41, 5.74) is 0.146. The minimum Gasteiger partial charge on any atom is -0.377 e. The van der Waals surface area contributed by atoms with Crippen LogP contribution in [0.25, 0.3) is 0 Å². The van der Waals surface area contributed by atoms with Crippen LogP contribution in [-0.2, 0) is 15.5 Å². The van der Waals surface area contributed by atoms with Crippen LogP contribution in [0, 0.1) is 5.41 Å². The second-order valence-electron chi connectivity index (χ2n) is 5.66. The molecule has 1 heterocycles. The summed E-state index contributed by atoms with van der Waals surface area (Å²) >= 11 is 0. The number of hydrogen-bond donors (Lipinski definition) is 1. The Morgan fingerprint density at radius 3 is 2.50 bits per heavy atom. The predicted molar refractivity (Wildman–Crippen MR) is 69.1 cm³/mol. The summed E-state index contributed by atoms with van der Waals surface area (Å²) in [6.45, 7) is 9.33. The van der Waals surface area contributed by atoms with Crippen LogP contribution in [0.5, 0.6) is 0 Å². The molecule has 0 radical (unpaired) electrons. The smallest absolute Gasteiger partial charge is 0.0691 e. The van der Waals surface area contributed by atoms with Gasteiger partial charge in [-0.1, -0.05) is 20.8 Å². The molecule has 0 spiro atoms. The summed E-state index contributed by atoms with van der Waals surface area (Å²) in [5.74, 6) is 0.721. The van der Waals surface area contributed by atoms with E-state index in [2.05, 4.69) is 26.1 Å². The highest BCUT2D eigenvalue weighted by atomic mass is 32.2. The summed E-state index contributed by atoms with van der Waals surface area (Å²) in [6, 6.07) is 0.293. The lowest BCUT2D eigenvalue weighted by molar-refractivity contribution is 0.126. The van der Waals surface area contributed by atoms with Gasteiger partial charge in [0.1, 0.15) is 0 Å². The molecule has 1 aliphatic rings.